The van der Waals surface area contributed by atoms with Gasteiger partial charge in [0.15, 0.2) is 0 Å². The summed E-state index contributed by atoms with van der Waals surface area (Å²) in [5, 5.41) is 0. The Kier molecular flexibility index (Phi) is 4.56. The Hall–Kier alpha value is -1.83. The molecule has 0 fully saturated rings. The Bertz CT molecular complexity index is 497. The summed E-state index contributed by atoms with van der Waals surface area (Å²) in [6.07, 6.45) is 6.27. The van der Waals surface area contributed by atoms with E-state index in [0.717, 1.165) is 18.4 Å². The number of hydrogen-bond acceptors (Lipinski definition) is 2. The van der Waals surface area contributed by atoms with E-state index in [4.69, 9.17) is 4.74 Å². The second-order valence-corrected chi connectivity index (χ2v) is 5.15. The fourth-order valence-electron chi connectivity index (χ4n) is 2.30. The van der Waals surface area contributed by atoms with E-state index in [-0.39, 0.29) is 5.97 Å². The lowest BCUT2D eigenvalue weighted by Crippen LogP contribution is -2.08. The predicted molar refractivity (Wildman–Crippen MR) is 76.5 cm³/mol. The zero-order chi connectivity index (χ0) is 13.7. The summed E-state index contributed by atoms with van der Waals surface area (Å²) in [7, 11) is 0. The first-order valence-corrected chi connectivity index (χ1v) is 6.75. The standard InChI is InChI=1S/C17H20O2/c1-13-8-9-16(14(2)10-13)12-19-17(18)11-15-6-4-3-5-7-15/h3-7,10,12,14H,8-9,11H2,1-2H3/b16-12-. The number of esters is 1. The summed E-state index contributed by atoms with van der Waals surface area (Å²) in [4.78, 5) is 11.7. The maximum absolute atomic E-state index is 11.7. The number of rotatable bonds is 3. The molecular formula is C17H20O2. The molecule has 0 radical (unpaired) electrons. The monoisotopic (exact) mass is 256 g/mol. The van der Waals surface area contributed by atoms with Gasteiger partial charge in [0.25, 0.3) is 0 Å². The van der Waals surface area contributed by atoms with Gasteiger partial charge in [-0.3, -0.25) is 4.79 Å². The highest BCUT2D eigenvalue weighted by atomic mass is 16.5. The highest BCUT2D eigenvalue weighted by Gasteiger charge is 2.13. The van der Waals surface area contributed by atoms with Crippen LogP contribution < -0.4 is 0 Å². The van der Waals surface area contributed by atoms with Gasteiger partial charge in [0, 0.05) is 0 Å². The van der Waals surface area contributed by atoms with Crippen molar-refractivity contribution in [2.24, 2.45) is 5.92 Å². The lowest BCUT2D eigenvalue weighted by atomic mass is 9.88. The van der Waals surface area contributed by atoms with Crippen molar-refractivity contribution in [1.82, 2.24) is 0 Å². The van der Waals surface area contributed by atoms with Crippen molar-refractivity contribution in [3.05, 3.63) is 59.4 Å². The lowest BCUT2D eigenvalue weighted by Gasteiger charge is -2.19. The van der Waals surface area contributed by atoms with E-state index in [1.54, 1.807) is 6.26 Å². The average molecular weight is 256 g/mol. The minimum atomic E-state index is -0.197. The van der Waals surface area contributed by atoms with Gasteiger partial charge in [-0.15, -0.1) is 0 Å². The van der Waals surface area contributed by atoms with E-state index in [2.05, 4.69) is 19.9 Å². The Morgan fingerprint density at radius 1 is 1.32 bits per heavy atom. The summed E-state index contributed by atoms with van der Waals surface area (Å²) in [6.45, 7) is 4.29. The van der Waals surface area contributed by atoms with Crippen LogP contribution in [0.25, 0.3) is 0 Å². The fourth-order valence-corrected chi connectivity index (χ4v) is 2.30. The number of ether oxygens (including phenoxy) is 1. The Balaban J connectivity index is 1.90. The zero-order valence-electron chi connectivity index (χ0n) is 11.6. The molecule has 1 atom stereocenters. The van der Waals surface area contributed by atoms with Gasteiger partial charge in [0.1, 0.15) is 0 Å². The molecule has 1 unspecified atom stereocenters. The van der Waals surface area contributed by atoms with Crippen molar-refractivity contribution in [2.75, 3.05) is 0 Å². The van der Waals surface area contributed by atoms with Crippen LogP contribution in [0.2, 0.25) is 0 Å². The first kappa shape index (κ1) is 13.6. The summed E-state index contributed by atoms with van der Waals surface area (Å²) in [5.41, 5.74) is 3.60. The van der Waals surface area contributed by atoms with E-state index in [1.165, 1.54) is 11.1 Å². The van der Waals surface area contributed by atoms with Crippen LogP contribution in [0, 0.1) is 5.92 Å². The third-order valence-corrected chi connectivity index (χ3v) is 3.46. The van der Waals surface area contributed by atoms with Crippen LogP contribution in [0.15, 0.2) is 53.8 Å². The summed E-state index contributed by atoms with van der Waals surface area (Å²) < 4.78 is 5.26. The molecule has 0 bridgehead atoms. The Labute approximate surface area is 114 Å². The molecule has 19 heavy (non-hydrogen) atoms. The largest absolute Gasteiger partial charge is 0.434 e. The topological polar surface area (TPSA) is 26.3 Å². The van der Waals surface area contributed by atoms with Gasteiger partial charge in [-0.25, -0.2) is 0 Å². The molecule has 1 aromatic carbocycles. The molecule has 1 aromatic rings. The van der Waals surface area contributed by atoms with Crippen LogP contribution in [0.3, 0.4) is 0 Å². The van der Waals surface area contributed by atoms with E-state index in [0.29, 0.717) is 12.3 Å². The van der Waals surface area contributed by atoms with Gasteiger partial charge in [-0.2, -0.15) is 0 Å². The molecule has 0 saturated heterocycles. The highest BCUT2D eigenvalue weighted by Crippen LogP contribution is 2.27. The first-order valence-electron chi connectivity index (χ1n) is 6.75. The van der Waals surface area contributed by atoms with Gasteiger partial charge in [-0.05, 0) is 36.8 Å². The van der Waals surface area contributed by atoms with Crippen molar-refractivity contribution in [2.45, 2.75) is 33.1 Å². The maximum atomic E-state index is 11.7. The molecule has 100 valence electrons. The smallest absolute Gasteiger partial charge is 0.315 e. The molecule has 0 saturated carbocycles. The number of carbonyl (C=O) groups excluding carboxylic acids is 1. The van der Waals surface area contributed by atoms with Gasteiger partial charge < -0.3 is 4.74 Å². The first-order chi connectivity index (χ1) is 9.15. The van der Waals surface area contributed by atoms with Gasteiger partial charge in [0.2, 0.25) is 0 Å². The average Bonchev–Trinajstić information content (AvgIpc) is 2.39. The fraction of sp³-hybridized carbons (Fsp3) is 0.353. The van der Waals surface area contributed by atoms with Crippen molar-refractivity contribution in [3.63, 3.8) is 0 Å². The Morgan fingerprint density at radius 2 is 2.05 bits per heavy atom. The SMILES string of the molecule is CC1=CC(C)/C(=C\OC(=O)Cc2ccccc2)CC1. The summed E-state index contributed by atoms with van der Waals surface area (Å²) in [5.74, 6) is 0.176. The van der Waals surface area contributed by atoms with Crippen LogP contribution in [0.4, 0.5) is 0 Å². The normalized spacial score (nSPS) is 21.1. The molecule has 0 aromatic heterocycles. The minimum Gasteiger partial charge on any atom is -0.434 e. The van der Waals surface area contributed by atoms with Crippen LogP contribution in [-0.4, -0.2) is 5.97 Å². The van der Waals surface area contributed by atoms with Crippen molar-refractivity contribution in [1.29, 1.82) is 0 Å². The van der Waals surface area contributed by atoms with Gasteiger partial charge >= 0.3 is 5.97 Å². The third kappa shape index (κ3) is 4.09. The van der Waals surface area contributed by atoms with E-state index in [1.807, 2.05) is 30.3 Å². The molecule has 1 aliphatic carbocycles. The van der Waals surface area contributed by atoms with E-state index in [9.17, 15) is 4.79 Å². The Morgan fingerprint density at radius 3 is 2.74 bits per heavy atom. The zero-order valence-corrected chi connectivity index (χ0v) is 11.6. The summed E-state index contributed by atoms with van der Waals surface area (Å²) in [6, 6.07) is 9.67. The van der Waals surface area contributed by atoms with Crippen LogP contribution in [0.5, 0.6) is 0 Å². The van der Waals surface area contributed by atoms with Crippen LogP contribution in [0.1, 0.15) is 32.3 Å². The third-order valence-electron chi connectivity index (χ3n) is 3.46. The highest BCUT2D eigenvalue weighted by molar-refractivity contribution is 5.73. The van der Waals surface area contributed by atoms with Crippen molar-refractivity contribution >= 4 is 5.97 Å². The molecule has 2 rings (SSSR count). The molecule has 0 N–H and O–H groups in total. The quantitative estimate of drug-likeness (QED) is 0.463. The summed E-state index contributed by atoms with van der Waals surface area (Å²) >= 11 is 0. The van der Waals surface area contributed by atoms with Gasteiger partial charge in [0.05, 0.1) is 12.7 Å². The van der Waals surface area contributed by atoms with Crippen molar-refractivity contribution in [3.8, 4) is 0 Å². The van der Waals surface area contributed by atoms with E-state index < -0.39 is 0 Å². The molecule has 0 aliphatic heterocycles. The van der Waals surface area contributed by atoms with Gasteiger partial charge in [-0.1, -0.05) is 48.9 Å². The van der Waals surface area contributed by atoms with Crippen LogP contribution in [-0.2, 0) is 16.0 Å². The molecule has 2 nitrogen and oxygen atoms in total. The maximum Gasteiger partial charge on any atom is 0.315 e. The molecule has 1 aliphatic rings. The number of benzene rings is 1. The molecule has 0 spiro atoms. The number of allylic oxidation sites excluding steroid dienone is 3. The van der Waals surface area contributed by atoms with Crippen molar-refractivity contribution < 1.29 is 9.53 Å². The second-order valence-electron chi connectivity index (χ2n) is 5.15. The second kappa shape index (κ2) is 6.37. The van der Waals surface area contributed by atoms with Crippen LogP contribution >= 0.6 is 0 Å². The molecule has 0 amide bonds. The predicted octanol–water partition coefficient (Wildman–Crippen LogP) is 4.03. The minimum absolute atomic E-state index is 0.197. The van der Waals surface area contributed by atoms with E-state index >= 15 is 0 Å². The number of hydrogen-bond donors (Lipinski definition) is 0. The molecule has 0 heterocycles. The molecule has 2 heteroatoms. The molecular weight excluding hydrogens is 236 g/mol. The number of carbonyl (C=O) groups is 1. The lowest BCUT2D eigenvalue weighted by molar-refractivity contribution is -0.137.